The van der Waals surface area contributed by atoms with Gasteiger partial charge in [-0.05, 0) is 67.1 Å². The summed E-state index contributed by atoms with van der Waals surface area (Å²) in [4.78, 5) is 30.6. The van der Waals surface area contributed by atoms with Gasteiger partial charge in [0, 0.05) is 19.3 Å². The van der Waals surface area contributed by atoms with E-state index in [0.717, 1.165) is 31.2 Å². The minimum absolute atomic E-state index is 0.0454. The first-order valence-electron chi connectivity index (χ1n) is 14.3. The Morgan fingerprint density at radius 1 is 1.07 bits per heavy atom. The van der Waals surface area contributed by atoms with E-state index < -0.39 is 17.9 Å². The van der Waals surface area contributed by atoms with Crippen LogP contribution in [0.3, 0.4) is 0 Å². The van der Waals surface area contributed by atoms with Crippen molar-refractivity contribution in [2.24, 2.45) is 17.8 Å². The number of halogens is 2. The van der Waals surface area contributed by atoms with E-state index in [4.69, 9.17) is 4.98 Å². The Hall–Kier alpha value is -3.44. The lowest BCUT2D eigenvalue weighted by Crippen LogP contribution is -2.37. The molecule has 0 saturated heterocycles. The Kier molecular flexibility index (Phi) is 8.14. The lowest BCUT2D eigenvalue weighted by molar-refractivity contribution is -0.123. The van der Waals surface area contributed by atoms with Crippen molar-refractivity contribution < 1.29 is 23.0 Å². The van der Waals surface area contributed by atoms with Gasteiger partial charge in [0.05, 0.1) is 30.2 Å². The SMILES string of the molecule is CCC(CC)CC(=O)N[C@@H](c1cnn2cc([C@@H](NC(=O)c3nonc3C)C3CCC(F)(F)CC3)nc2c1)C1CC1. The van der Waals surface area contributed by atoms with Crippen molar-refractivity contribution in [2.45, 2.75) is 96.6 Å². The molecule has 2 amide bonds. The Morgan fingerprint density at radius 3 is 2.40 bits per heavy atom. The van der Waals surface area contributed by atoms with Crippen molar-refractivity contribution in [1.82, 2.24) is 35.5 Å². The number of aromatic nitrogens is 5. The van der Waals surface area contributed by atoms with Crippen molar-refractivity contribution in [3.63, 3.8) is 0 Å². The molecule has 0 aliphatic heterocycles. The Morgan fingerprint density at radius 2 is 1.77 bits per heavy atom. The van der Waals surface area contributed by atoms with E-state index in [0.29, 0.717) is 35.3 Å². The van der Waals surface area contributed by atoms with Gasteiger partial charge in [0.1, 0.15) is 5.69 Å². The molecule has 0 unspecified atom stereocenters. The van der Waals surface area contributed by atoms with Gasteiger partial charge in [-0.3, -0.25) is 9.59 Å². The number of imidazole rings is 1. The summed E-state index contributed by atoms with van der Waals surface area (Å²) in [6, 6.07) is 1.15. The zero-order valence-electron chi connectivity index (χ0n) is 23.2. The fourth-order valence-corrected chi connectivity index (χ4v) is 5.68. The second kappa shape index (κ2) is 11.6. The fraction of sp³-hybridized carbons (Fsp3) is 0.643. The molecule has 2 aliphatic rings. The summed E-state index contributed by atoms with van der Waals surface area (Å²) >= 11 is 0. The minimum atomic E-state index is -2.70. The quantitative estimate of drug-likeness (QED) is 0.335. The number of alkyl halides is 2. The van der Waals surface area contributed by atoms with E-state index in [1.165, 1.54) is 0 Å². The molecule has 10 nitrogen and oxygen atoms in total. The number of aryl methyl sites for hydroxylation is 1. The zero-order valence-corrected chi connectivity index (χ0v) is 23.2. The van der Waals surface area contributed by atoms with Gasteiger partial charge in [-0.15, -0.1) is 0 Å². The first kappa shape index (κ1) is 28.1. The van der Waals surface area contributed by atoms with Crippen LogP contribution in [0.25, 0.3) is 5.65 Å². The van der Waals surface area contributed by atoms with E-state index in [9.17, 15) is 18.4 Å². The van der Waals surface area contributed by atoms with E-state index >= 15 is 0 Å². The summed E-state index contributed by atoms with van der Waals surface area (Å²) in [6.45, 7) is 5.81. The molecule has 216 valence electrons. The summed E-state index contributed by atoms with van der Waals surface area (Å²) in [5, 5.41) is 18.1. The minimum Gasteiger partial charge on any atom is -0.349 e. The number of rotatable bonds is 11. The second-order valence-corrected chi connectivity index (χ2v) is 11.4. The number of nitrogens with zero attached hydrogens (tertiary/aromatic N) is 5. The average molecular weight is 558 g/mol. The molecule has 0 bridgehead atoms. The fourth-order valence-electron chi connectivity index (χ4n) is 5.68. The largest absolute Gasteiger partial charge is 0.349 e. The van der Waals surface area contributed by atoms with Crippen LogP contribution in [0.15, 0.2) is 23.1 Å². The molecule has 3 aromatic heterocycles. The molecule has 2 aliphatic carbocycles. The third kappa shape index (κ3) is 6.31. The number of carbonyl (C=O) groups is 2. The summed E-state index contributed by atoms with van der Waals surface area (Å²) in [5.41, 5.74) is 2.36. The molecule has 5 rings (SSSR count). The van der Waals surface area contributed by atoms with Gasteiger partial charge in [-0.25, -0.2) is 22.9 Å². The van der Waals surface area contributed by atoms with Crippen LogP contribution < -0.4 is 10.6 Å². The number of hydrogen-bond acceptors (Lipinski definition) is 7. The normalized spacial score (nSPS) is 19.1. The third-order valence-electron chi connectivity index (χ3n) is 8.46. The molecular formula is C28H37F2N7O3. The molecule has 2 fully saturated rings. The van der Waals surface area contributed by atoms with Crippen molar-refractivity contribution in [3.8, 4) is 0 Å². The predicted molar refractivity (Wildman–Crippen MR) is 141 cm³/mol. The highest BCUT2D eigenvalue weighted by molar-refractivity contribution is 5.93. The molecular weight excluding hydrogens is 520 g/mol. The molecule has 40 heavy (non-hydrogen) atoms. The van der Waals surface area contributed by atoms with Gasteiger partial charge in [0.25, 0.3) is 5.91 Å². The van der Waals surface area contributed by atoms with Crippen molar-refractivity contribution >= 4 is 17.5 Å². The molecule has 0 aromatic carbocycles. The highest BCUT2D eigenvalue weighted by atomic mass is 19.3. The first-order chi connectivity index (χ1) is 19.2. The van der Waals surface area contributed by atoms with E-state index in [2.05, 4.69) is 44.5 Å². The summed E-state index contributed by atoms with van der Waals surface area (Å²) in [6.07, 6.45) is 7.97. The van der Waals surface area contributed by atoms with E-state index in [1.54, 1.807) is 23.8 Å². The van der Waals surface area contributed by atoms with Crippen LogP contribution in [-0.2, 0) is 4.79 Å². The monoisotopic (exact) mass is 557 g/mol. The number of fused-ring (bicyclic) bond motifs is 1. The number of amides is 2. The topological polar surface area (TPSA) is 127 Å². The average Bonchev–Trinajstić information content (AvgIpc) is 3.54. The van der Waals surface area contributed by atoms with Crippen LogP contribution in [0.1, 0.15) is 111 Å². The lowest BCUT2D eigenvalue weighted by Gasteiger charge is -2.33. The summed E-state index contributed by atoms with van der Waals surface area (Å²) in [5.74, 6) is -2.68. The molecule has 12 heteroatoms. The maximum absolute atomic E-state index is 14.0. The van der Waals surface area contributed by atoms with Gasteiger partial charge in [-0.1, -0.05) is 31.8 Å². The number of hydrogen-bond donors (Lipinski definition) is 2. The molecule has 2 saturated carbocycles. The van der Waals surface area contributed by atoms with E-state index in [-0.39, 0.29) is 49.2 Å². The van der Waals surface area contributed by atoms with Crippen LogP contribution in [0.2, 0.25) is 0 Å². The Labute approximate surface area is 231 Å². The number of nitrogens with one attached hydrogen (secondary N) is 2. The smallest absolute Gasteiger partial charge is 0.276 e. The van der Waals surface area contributed by atoms with Crippen LogP contribution in [-0.4, -0.2) is 42.6 Å². The highest BCUT2D eigenvalue weighted by Crippen LogP contribution is 2.43. The van der Waals surface area contributed by atoms with Crippen LogP contribution in [0.5, 0.6) is 0 Å². The maximum atomic E-state index is 14.0. The first-order valence-corrected chi connectivity index (χ1v) is 14.3. The number of carbonyl (C=O) groups excluding carboxylic acids is 2. The molecule has 2 atom stereocenters. The summed E-state index contributed by atoms with van der Waals surface area (Å²) in [7, 11) is 0. The van der Waals surface area contributed by atoms with Crippen LogP contribution in [0, 0.1) is 24.7 Å². The highest BCUT2D eigenvalue weighted by Gasteiger charge is 2.40. The van der Waals surface area contributed by atoms with Crippen LogP contribution >= 0.6 is 0 Å². The van der Waals surface area contributed by atoms with Gasteiger partial charge in [0.2, 0.25) is 11.8 Å². The molecule has 3 heterocycles. The molecule has 2 N–H and O–H groups in total. The van der Waals surface area contributed by atoms with Crippen molar-refractivity contribution in [3.05, 3.63) is 41.1 Å². The Bertz CT molecular complexity index is 1340. The molecule has 0 radical (unpaired) electrons. The van der Waals surface area contributed by atoms with Crippen molar-refractivity contribution in [1.29, 1.82) is 0 Å². The van der Waals surface area contributed by atoms with Crippen LogP contribution in [0.4, 0.5) is 8.78 Å². The summed E-state index contributed by atoms with van der Waals surface area (Å²) < 4.78 is 34.2. The zero-order chi connectivity index (χ0) is 28.4. The Balaban J connectivity index is 1.40. The van der Waals surface area contributed by atoms with E-state index in [1.807, 2.05) is 6.07 Å². The second-order valence-electron chi connectivity index (χ2n) is 11.4. The van der Waals surface area contributed by atoms with Gasteiger partial charge >= 0.3 is 0 Å². The van der Waals surface area contributed by atoms with Gasteiger partial charge in [-0.2, -0.15) is 5.10 Å². The lowest BCUT2D eigenvalue weighted by atomic mass is 9.81. The maximum Gasteiger partial charge on any atom is 0.276 e. The standard InChI is InChI=1S/C28H37F2N7O3/c1-4-17(5-2)12-23(38)33-25(18-6-7-18)20-13-22-32-21(15-37(22)31-14-20)26(19-8-10-28(29,30)11-9-19)34-27(39)24-16(3)35-40-36-24/h13-15,17-19,25-26H,4-12H2,1-3H3,(H,33,38)(H,34,39)/t25-,26+/m1/s1. The van der Waals surface area contributed by atoms with Gasteiger partial charge < -0.3 is 10.6 Å². The van der Waals surface area contributed by atoms with Crippen molar-refractivity contribution in [2.75, 3.05) is 0 Å². The molecule has 3 aromatic rings. The van der Waals surface area contributed by atoms with Gasteiger partial charge in [0.15, 0.2) is 11.3 Å². The predicted octanol–water partition coefficient (Wildman–Crippen LogP) is 5.11. The third-order valence-corrected chi connectivity index (χ3v) is 8.46. The molecule has 0 spiro atoms.